The molecule has 0 radical (unpaired) electrons. The van der Waals surface area contributed by atoms with Gasteiger partial charge in [0.15, 0.2) is 0 Å². The number of nitrogens with two attached hydrogens (primary N) is 1. The number of rotatable bonds is 3. The van der Waals surface area contributed by atoms with Crippen molar-refractivity contribution in [1.82, 2.24) is 9.80 Å². The maximum atomic E-state index is 12.6. The third kappa shape index (κ3) is 3.62. The predicted molar refractivity (Wildman–Crippen MR) is 85.1 cm³/mol. The monoisotopic (exact) mass is 307 g/mol. The Morgan fingerprint density at radius 2 is 1.86 bits per heavy atom. The number of hydrogen-bond donors (Lipinski definition) is 1. The molecule has 22 heavy (non-hydrogen) atoms. The van der Waals surface area contributed by atoms with E-state index < -0.39 is 0 Å². The first-order chi connectivity index (χ1) is 10.6. The van der Waals surface area contributed by atoms with Crippen LogP contribution in [0, 0.1) is 11.8 Å². The maximum absolute atomic E-state index is 12.6. The summed E-state index contributed by atoms with van der Waals surface area (Å²) in [6, 6.07) is 0.155. The lowest BCUT2D eigenvalue weighted by atomic mass is 9.85. The van der Waals surface area contributed by atoms with E-state index in [9.17, 15) is 9.59 Å². The molecule has 5 heteroatoms. The fourth-order valence-electron chi connectivity index (χ4n) is 4.30. The van der Waals surface area contributed by atoms with Crippen LogP contribution in [0.25, 0.3) is 0 Å². The number of hydrogen-bond acceptors (Lipinski definition) is 3. The van der Waals surface area contributed by atoms with Gasteiger partial charge in [-0.15, -0.1) is 0 Å². The molecule has 1 heterocycles. The Bertz CT molecular complexity index is 420. The van der Waals surface area contributed by atoms with E-state index in [2.05, 4.69) is 0 Å². The first kappa shape index (κ1) is 15.8. The third-order valence-corrected chi connectivity index (χ3v) is 5.65. The molecule has 2 aliphatic carbocycles. The van der Waals surface area contributed by atoms with Gasteiger partial charge < -0.3 is 15.5 Å². The molecule has 0 aromatic carbocycles. The summed E-state index contributed by atoms with van der Waals surface area (Å²) in [6.45, 7) is 2.58. The highest BCUT2D eigenvalue weighted by molar-refractivity contribution is 5.87. The molecule has 3 rings (SSSR count). The Morgan fingerprint density at radius 1 is 1.09 bits per heavy atom. The molecule has 3 aliphatic rings. The lowest BCUT2D eigenvalue weighted by Crippen LogP contribution is -2.54. The zero-order valence-electron chi connectivity index (χ0n) is 13.5. The Labute approximate surface area is 133 Å². The molecule has 0 aromatic heterocycles. The van der Waals surface area contributed by atoms with Gasteiger partial charge in [0.1, 0.15) is 0 Å². The molecule has 124 valence electrons. The van der Waals surface area contributed by atoms with E-state index in [0.29, 0.717) is 19.0 Å². The smallest absolute Gasteiger partial charge is 0.242 e. The molecule has 2 atom stereocenters. The summed E-state index contributed by atoms with van der Waals surface area (Å²) in [4.78, 5) is 28.7. The topological polar surface area (TPSA) is 66.6 Å². The lowest BCUT2D eigenvalue weighted by Gasteiger charge is -2.38. The summed E-state index contributed by atoms with van der Waals surface area (Å²) >= 11 is 0. The fraction of sp³-hybridized carbons (Fsp3) is 0.882. The van der Waals surface area contributed by atoms with Crippen LogP contribution in [0.3, 0.4) is 0 Å². The van der Waals surface area contributed by atoms with Gasteiger partial charge in [0.05, 0.1) is 6.54 Å². The van der Waals surface area contributed by atoms with E-state index in [1.54, 1.807) is 4.90 Å². The van der Waals surface area contributed by atoms with Gasteiger partial charge in [-0.05, 0) is 38.0 Å². The van der Waals surface area contributed by atoms with Crippen molar-refractivity contribution >= 4 is 11.8 Å². The highest BCUT2D eigenvalue weighted by Gasteiger charge is 2.34. The van der Waals surface area contributed by atoms with E-state index in [1.807, 2.05) is 4.90 Å². The summed E-state index contributed by atoms with van der Waals surface area (Å²) < 4.78 is 0. The number of amides is 2. The SMILES string of the molecule is NC1CCCC(C(=O)N2CCN(CC3CCCC3)C(=O)C2)C1. The van der Waals surface area contributed by atoms with Gasteiger partial charge >= 0.3 is 0 Å². The second-order valence-electron chi connectivity index (χ2n) is 7.37. The molecule has 1 saturated heterocycles. The molecule has 1 aliphatic heterocycles. The van der Waals surface area contributed by atoms with Crippen LogP contribution < -0.4 is 5.73 Å². The van der Waals surface area contributed by atoms with Gasteiger partial charge in [-0.2, -0.15) is 0 Å². The van der Waals surface area contributed by atoms with Crippen LogP contribution in [-0.4, -0.2) is 53.8 Å². The highest BCUT2D eigenvalue weighted by atomic mass is 16.2. The number of carbonyl (C=O) groups excluding carboxylic acids is 2. The van der Waals surface area contributed by atoms with Crippen molar-refractivity contribution in [2.75, 3.05) is 26.2 Å². The molecule has 0 bridgehead atoms. The lowest BCUT2D eigenvalue weighted by molar-refractivity contribution is -0.148. The first-order valence-electron chi connectivity index (χ1n) is 8.95. The molecule has 2 saturated carbocycles. The number of piperazine rings is 1. The maximum Gasteiger partial charge on any atom is 0.242 e. The predicted octanol–water partition coefficient (Wildman–Crippen LogP) is 1.36. The zero-order chi connectivity index (χ0) is 15.5. The minimum absolute atomic E-state index is 0.0398. The molecular weight excluding hydrogens is 278 g/mol. The van der Waals surface area contributed by atoms with Crippen molar-refractivity contribution in [3.8, 4) is 0 Å². The van der Waals surface area contributed by atoms with Gasteiger partial charge in [0, 0.05) is 31.6 Å². The van der Waals surface area contributed by atoms with E-state index in [0.717, 1.165) is 32.2 Å². The van der Waals surface area contributed by atoms with Crippen molar-refractivity contribution in [2.45, 2.75) is 57.4 Å². The Balaban J connectivity index is 1.50. The second-order valence-corrected chi connectivity index (χ2v) is 7.37. The van der Waals surface area contributed by atoms with E-state index in [-0.39, 0.29) is 30.3 Å². The van der Waals surface area contributed by atoms with Crippen LogP contribution in [0.15, 0.2) is 0 Å². The van der Waals surface area contributed by atoms with Crippen LogP contribution in [0.5, 0.6) is 0 Å². The van der Waals surface area contributed by atoms with Crippen molar-refractivity contribution in [3.63, 3.8) is 0 Å². The molecule has 0 spiro atoms. The van der Waals surface area contributed by atoms with Crippen molar-refractivity contribution in [1.29, 1.82) is 0 Å². The summed E-state index contributed by atoms with van der Waals surface area (Å²) in [7, 11) is 0. The Morgan fingerprint density at radius 3 is 2.55 bits per heavy atom. The van der Waals surface area contributed by atoms with Crippen LogP contribution in [0.1, 0.15) is 51.4 Å². The largest absolute Gasteiger partial charge is 0.339 e. The van der Waals surface area contributed by atoms with E-state index >= 15 is 0 Å². The third-order valence-electron chi connectivity index (χ3n) is 5.65. The minimum Gasteiger partial charge on any atom is -0.339 e. The van der Waals surface area contributed by atoms with Crippen LogP contribution in [0.4, 0.5) is 0 Å². The average molecular weight is 307 g/mol. The average Bonchev–Trinajstić information content (AvgIpc) is 3.01. The molecular formula is C17H29N3O2. The zero-order valence-corrected chi connectivity index (χ0v) is 13.5. The summed E-state index contributed by atoms with van der Waals surface area (Å²) in [5, 5.41) is 0. The summed E-state index contributed by atoms with van der Waals surface area (Å²) in [5.74, 6) is 1.01. The minimum atomic E-state index is 0.0398. The van der Waals surface area contributed by atoms with Crippen LogP contribution in [0.2, 0.25) is 0 Å². The van der Waals surface area contributed by atoms with Crippen molar-refractivity contribution < 1.29 is 9.59 Å². The number of carbonyl (C=O) groups is 2. The highest BCUT2D eigenvalue weighted by Crippen LogP contribution is 2.27. The fourth-order valence-corrected chi connectivity index (χ4v) is 4.30. The standard InChI is InChI=1S/C17H29N3O2/c18-15-7-3-6-14(10-15)17(22)20-9-8-19(16(21)12-20)11-13-4-1-2-5-13/h13-15H,1-12,18H2. The van der Waals surface area contributed by atoms with Gasteiger partial charge in [-0.25, -0.2) is 0 Å². The molecule has 0 aromatic rings. The molecule has 2 unspecified atom stereocenters. The van der Waals surface area contributed by atoms with Crippen molar-refractivity contribution in [2.24, 2.45) is 17.6 Å². The van der Waals surface area contributed by atoms with Gasteiger partial charge in [-0.3, -0.25) is 9.59 Å². The van der Waals surface area contributed by atoms with E-state index in [4.69, 9.17) is 5.73 Å². The quantitative estimate of drug-likeness (QED) is 0.856. The molecule has 3 fully saturated rings. The Hall–Kier alpha value is -1.10. The van der Waals surface area contributed by atoms with Gasteiger partial charge in [-0.1, -0.05) is 19.3 Å². The van der Waals surface area contributed by atoms with E-state index in [1.165, 1.54) is 25.7 Å². The Kier molecular flexibility index (Phi) is 5.01. The second kappa shape index (κ2) is 6.99. The molecule has 5 nitrogen and oxygen atoms in total. The van der Waals surface area contributed by atoms with Crippen molar-refractivity contribution in [3.05, 3.63) is 0 Å². The first-order valence-corrected chi connectivity index (χ1v) is 8.95. The summed E-state index contributed by atoms with van der Waals surface area (Å²) in [5.41, 5.74) is 5.99. The molecule has 2 amide bonds. The van der Waals surface area contributed by atoms with Crippen LogP contribution in [-0.2, 0) is 9.59 Å². The number of nitrogens with zero attached hydrogens (tertiary/aromatic N) is 2. The van der Waals surface area contributed by atoms with Crippen LogP contribution >= 0.6 is 0 Å². The van der Waals surface area contributed by atoms with Gasteiger partial charge in [0.25, 0.3) is 0 Å². The van der Waals surface area contributed by atoms with Gasteiger partial charge in [0.2, 0.25) is 11.8 Å². The molecule has 2 N–H and O–H groups in total. The summed E-state index contributed by atoms with van der Waals surface area (Å²) in [6.07, 6.45) is 8.90. The normalized spacial score (nSPS) is 30.9.